The van der Waals surface area contributed by atoms with Gasteiger partial charge >= 0.3 is 0 Å². The Labute approximate surface area is 175 Å². The van der Waals surface area contributed by atoms with Crippen molar-refractivity contribution in [3.63, 3.8) is 0 Å². The van der Waals surface area contributed by atoms with E-state index in [-0.39, 0.29) is 17.7 Å². The van der Waals surface area contributed by atoms with Crippen LogP contribution < -0.4 is 5.32 Å². The van der Waals surface area contributed by atoms with Crippen LogP contribution in [0.3, 0.4) is 0 Å². The first kappa shape index (κ1) is 20.6. The lowest BCUT2D eigenvalue weighted by Gasteiger charge is -2.30. The zero-order valence-electron chi connectivity index (χ0n) is 16.8. The summed E-state index contributed by atoms with van der Waals surface area (Å²) in [7, 11) is -3.21. The molecule has 2 aliphatic rings. The van der Waals surface area contributed by atoms with Crippen molar-refractivity contribution in [2.45, 2.75) is 25.8 Å². The zero-order valence-corrected chi connectivity index (χ0v) is 17.7. The number of amides is 2. The van der Waals surface area contributed by atoms with Gasteiger partial charge in [0.15, 0.2) is 5.76 Å². The van der Waals surface area contributed by atoms with E-state index in [0.717, 1.165) is 17.5 Å². The van der Waals surface area contributed by atoms with Crippen LogP contribution in [0.15, 0.2) is 41.0 Å². The highest BCUT2D eigenvalue weighted by atomic mass is 32.2. The van der Waals surface area contributed by atoms with Crippen LogP contribution >= 0.6 is 0 Å². The summed E-state index contributed by atoms with van der Waals surface area (Å²) in [5, 5.41) is 2.96. The maximum Gasteiger partial charge on any atom is 0.289 e. The first-order valence-electron chi connectivity index (χ1n) is 10.0. The van der Waals surface area contributed by atoms with E-state index < -0.39 is 10.0 Å². The molecule has 0 atom stereocenters. The van der Waals surface area contributed by atoms with Gasteiger partial charge in [0.2, 0.25) is 15.9 Å². The quantitative estimate of drug-likeness (QED) is 0.799. The number of sulfonamides is 1. The van der Waals surface area contributed by atoms with E-state index in [9.17, 15) is 18.0 Å². The van der Waals surface area contributed by atoms with E-state index in [0.29, 0.717) is 50.5 Å². The van der Waals surface area contributed by atoms with Gasteiger partial charge in [0.25, 0.3) is 5.91 Å². The topological polar surface area (TPSA) is 99.9 Å². The lowest BCUT2D eigenvalue weighted by molar-refractivity contribution is -0.120. The van der Waals surface area contributed by atoms with Crippen LogP contribution in [-0.4, -0.2) is 55.3 Å². The number of benzene rings is 1. The average Bonchev–Trinajstić information content (AvgIpc) is 3.27. The van der Waals surface area contributed by atoms with Gasteiger partial charge in [-0.1, -0.05) is 6.07 Å². The Kier molecular flexibility index (Phi) is 5.66. The fraction of sp³-hybridized carbons (Fsp3) is 0.429. The van der Waals surface area contributed by atoms with E-state index in [4.69, 9.17) is 4.42 Å². The summed E-state index contributed by atoms with van der Waals surface area (Å²) in [6.45, 7) is 1.82. The van der Waals surface area contributed by atoms with Gasteiger partial charge in [-0.3, -0.25) is 9.59 Å². The highest BCUT2D eigenvalue weighted by Gasteiger charge is 2.29. The number of nitrogens with zero attached hydrogens (tertiary/aromatic N) is 2. The first-order chi connectivity index (χ1) is 14.3. The van der Waals surface area contributed by atoms with Crippen molar-refractivity contribution in [1.82, 2.24) is 9.21 Å². The molecule has 0 bridgehead atoms. The molecule has 2 amide bonds. The molecule has 2 aromatic rings. The molecule has 1 aromatic carbocycles. The second-order valence-electron chi connectivity index (χ2n) is 7.86. The number of carbonyl (C=O) groups excluding carboxylic acids is 2. The molecule has 1 saturated heterocycles. The number of furan rings is 1. The highest BCUT2D eigenvalue weighted by Crippen LogP contribution is 2.26. The van der Waals surface area contributed by atoms with Crippen molar-refractivity contribution in [1.29, 1.82) is 0 Å². The van der Waals surface area contributed by atoms with E-state index in [1.54, 1.807) is 17.0 Å². The molecule has 30 heavy (non-hydrogen) atoms. The molecule has 3 heterocycles. The van der Waals surface area contributed by atoms with Crippen molar-refractivity contribution in [2.75, 3.05) is 31.2 Å². The van der Waals surface area contributed by atoms with Crippen LogP contribution in [0.1, 0.15) is 34.5 Å². The molecular formula is C21H25N3O5S. The summed E-state index contributed by atoms with van der Waals surface area (Å²) in [6, 6.07) is 9.14. The third-order valence-electron chi connectivity index (χ3n) is 5.80. The Morgan fingerprint density at radius 3 is 2.53 bits per heavy atom. The zero-order chi connectivity index (χ0) is 21.3. The third-order valence-corrected chi connectivity index (χ3v) is 7.10. The first-order valence-corrected chi connectivity index (χ1v) is 11.9. The normalized spacial score (nSPS) is 18.1. The van der Waals surface area contributed by atoms with Crippen molar-refractivity contribution in [2.24, 2.45) is 5.92 Å². The van der Waals surface area contributed by atoms with Crippen LogP contribution in [0.5, 0.6) is 0 Å². The average molecular weight is 432 g/mol. The number of fused-ring (bicyclic) bond motifs is 1. The number of carbonyl (C=O) groups is 2. The fourth-order valence-corrected chi connectivity index (χ4v) is 4.93. The van der Waals surface area contributed by atoms with E-state index in [2.05, 4.69) is 5.32 Å². The molecule has 0 aliphatic carbocycles. The molecule has 0 unspecified atom stereocenters. The van der Waals surface area contributed by atoms with Crippen molar-refractivity contribution in [3.8, 4) is 0 Å². The summed E-state index contributed by atoms with van der Waals surface area (Å²) in [4.78, 5) is 27.0. The predicted octanol–water partition coefficient (Wildman–Crippen LogP) is 2.09. The van der Waals surface area contributed by atoms with Gasteiger partial charge < -0.3 is 14.6 Å². The van der Waals surface area contributed by atoms with E-state index in [1.807, 2.05) is 18.2 Å². The molecule has 8 nitrogen and oxygen atoms in total. The monoisotopic (exact) mass is 431 g/mol. The van der Waals surface area contributed by atoms with Crippen molar-refractivity contribution in [3.05, 3.63) is 53.5 Å². The Hall–Kier alpha value is -2.65. The third kappa shape index (κ3) is 4.41. The number of anilines is 1. The van der Waals surface area contributed by atoms with Crippen LogP contribution in [0.25, 0.3) is 0 Å². The molecule has 9 heteroatoms. The summed E-state index contributed by atoms with van der Waals surface area (Å²) in [6.07, 6.45) is 4.45. The number of piperidine rings is 1. The molecule has 2 aliphatic heterocycles. The SMILES string of the molecule is CS(=O)(=O)N1CCC(C(=O)Nc2ccc3c(c2)CN(C(=O)c2ccco2)CC3)CC1. The lowest BCUT2D eigenvalue weighted by atomic mass is 9.96. The fourth-order valence-electron chi connectivity index (χ4n) is 4.06. The van der Waals surface area contributed by atoms with Gasteiger partial charge in [-0.25, -0.2) is 12.7 Å². The van der Waals surface area contributed by atoms with Gasteiger partial charge in [-0.05, 0) is 54.7 Å². The number of rotatable bonds is 4. The molecule has 0 spiro atoms. The highest BCUT2D eigenvalue weighted by molar-refractivity contribution is 7.88. The maximum absolute atomic E-state index is 12.7. The standard InChI is InChI=1S/C21H25N3O5S/c1-30(27,28)24-10-7-16(8-11-24)20(25)22-18-5-4-15-6-9-23(14-17(15)13-18)21(26)19-3-2-12-29-19/h2-5,12-13,16H,6-11,14H2,1H3,(H,22,25). The summed E-state index contributed by atoms with van der Waals surface area (Å²) < 4.78 is 29.9. The minimum atomic E-state index is -3.21. The van der Waals surface area contributed by atoms with Gasteiger partial charge in [-0.2, -0.15) is 0 Å². The van der Waals surface area contributed by atoms with Crippen molar-refractivity contribution >= 4 is 27.5 Å². The van der Waals surface area contributed by atoms with Gasteiger partial charge in [0.05, 0.1) is 12.5 Å². The van der Waals surface area contributed by atoms with Gasteiger partial charge in [-0.15, -0.1) is 0 Å². The van der Waals surface area contributed by atoms with Crippen LogP contribution in [0, 0.1) is 5.92 Å². The predicted molar refractivity (Wildman–Crippen MR) is 111 cm³/mol. The molecule has 160 valence electrons. The van der Waals surface area contributed by atoms with Gasteiger partial charge in [0, 0.05) is 37.8 Å². The van der Waals surface area contributed by atoms with E-state index >= 15 is 0 Å². The molecule has 1 N–H and O–H groups in total. The molecule has 0 radical (unpaired) electrons. The lowest BCUT2D eigenvalue weighted by Crippen LogP contribution is -2.40. The van der Waals surface area contributed by atoms with Crippen LogP contribution in [-0.2, 0) is 27.8 Å². The Balaban J connectivity index is 1.39. The Morgan fingerprint density at radius 2 is 1.87 bits per heavy atom. The molecule has 1 aromatic heterocycles. The maximum atomic E-state index is 12.7. The summed E-state index contributed by atoms with van der Waals surface area (Å²) >= 11 is 0. The van der Waals surface area contributed by atoms with Crippen molar-refractivity contribution < 1.29 is 22.4 Å². The van der Waals surface area contributed by atoms with E-state index in [1.165, 1.54) is 16.8 Å². The largest absolute Gasteiger partial charge is 0.459 e. The second kappa shape index (κ2) is 8.23. The Bertz CT molecular complexity index is 1040. The summed E-state index contributed by atoms with van der Waals surface area (Å²) in [5.41, 5.74) is 2.86. The smallest absolute Gasteiger partial charge is 0.289 e. The minimum absolute atomic E-state index is 0.0950. The Morgan fingerprint density at radius 1 is 1.10 bits per heavy atom. The minimum Gasteiger partial charge on any atom is -0.459 e. The number of hydrogen-bond donors (Lipinski definition) is 1. The molecular weight excluding hydrogens is 406 g/mol. The second-order valence-corrected chi connectivity index (χ2v) is 9.85. The molecule has 0 saturated carbocycles. The van der Waals surface area contributed by atoms with Gasteiger partial charge in [0.1, 0.15) is 0 Å². The molecule has 1 fully saturated rings. The van der Waals surface area contributed by atoms with Crippen LogP contribution in [0.4, 0.5) is 5.69 Å². The van der Waals surface area contributed by atoms with Crippen LogP contribution in [0.2, 0.25) is 0 Å². The number of nitrogens with one attached hydrogen (secondary N) is 1. The number of hydrogen-bond acceptors (Lipinski definition) is 5. The summed E-state index contributed by atoms with van der Waals surface area (Å²) in [5.74, 6) is -0.125. The molecule has 4 rings (SSSR count).